The highest BCUT2D eigenvalue weighted by molar-refractivity contribution is 5.86. The lowest BCUT2D eigenvalue weighted by atomic mass is 10.0. The maximum atomic E-state index is 14.9. The predicted molar refractivity (Wildman–Crippen MR) is 134 cm³/mol. The van der Waals surface area contributed by atoms with Crippen LogP contribution < -0.4 is 10.5 Å². The first-order chi connectivity index (χ1) is 17.4. The summed E-state index contributed by atoms with van der Waals surface area (Å²) in [6, 6.07) is 5.69. The van der Waals surface area contributed by atoms with Crippen molar-refractivity contribution in [2.75, 3.05) is 26.2 Å². The molecule has 1 saturated heterocycles. The molecular weight excluding hydrogens is 461 g/mol. The third-order valence-electron chi connectivity index (χ3n) is 6.57. The van der Waals surface area contributed by atoms with Crippen LogP contribution in [-0.2, 0) is 24.8 Å². The third kappa shape index (κ3) is 5.09. The van der Waals surface area contributed by atoms with Gasteiger partial charge in [-0.1, -0.05) is 6.07 Å². The summed E-state index contributed by atoms with van der Waals surface area (Å²) in [7, 11) is 1.90. The van der Waals surface area contributed by atoms with Gasteiger partial charge in [-0.05, 0) is 42.7 Å². The van der Waals surface area contributed by atoms with Crippen LogP contribution in [-0.4, -0.2) is 67.7 Å². The average Bonchev–Trinajstić information content (AvgIpc) is 3.46. The van der Waals surface area contributed by atoms with Crippen molar-refractivity contribution in [1.29, 1.82) is 0 Å². The molecule has 0 radical (unpaired) electrons. The highest BCUT2D eigenvalue weighted by Crippen LogP contribution is 2.32. The minimum atomic E-state index is -0.733. The van der Waals surface area contributed by atoms with E-state index < -0.39 is 11.9 Å². The number of hydrogen-bond acceptors (Lipinski definition) is 6. The van der Waals surface area contributed by atoms with E-state index in [0.717, 1.165) is 36.1 Å². The molecule has 0 bridgehead atoms. The van der Waals surface area contributed by atoms with Crippen LogP contribution in [0.5, 0.6) is 11.5 Å². The Balaban J connectivity index is 1.17. The number of rotatable bonds is 7. The van der Waals surface area contributed by atoms with Gasteiger partial charge in [0.05, 0.1) is 17.6 Å². The maximum absolute atomic E-state index is 14.9. The molecule has 1 atom stereocenters. The number of nitrogens with two attached hydrogens (primary N) is 1. The molecule has 188 valence electrons. The Bertz CT molecular complexity index is 1370. The van der Waals surface area contributed by atoms with E-state index >= 15 is 0 Å². The number of carbonyl (C=O) groups is 1. The minimum absolute atomic E-state index is 0.108. The molecule has 1 amide bonds. The molecule has 0 saturated carbocycles. The molecule has 0 aliphatic carbocycles. The average molecular weight is 492 g/mol. The Morgan fingerprint density at radius 1 is 1.19 bits per heavy atom. The molecule has 5 rings (SSSR count). The molecule has 1 unspecified atom stereocenters. The molecule has 1 aliphatic rings. The number of aryl methyl sites for hydroxylation is 2. The molecule has 4 heterocycles. The van der Waals surface area contributed by atoms with Crippen molar-refractivity contribution >= 4 is 16.9 Å². The number of benzene rings is 1. The SMILES string of the molecule is Cc1c[nH]c2nccc(Oc3ccc(CC(N)C(=O)N4CCN(Cc5cnn(C)c5)CC4)cc3F)c12. The van der Waals surface area contributed by atoms with Crippen molar-refractivity contribution in [3.8, 4) is 11.5 Å². The Morgan fingerprint density at radius 3 is 2.72 bits per heavy atom. The number of ether oxygens (including phenoxy) is 1. The van der Waals surface area contributed by atoms with Gasteiger partial charge in [0.25, 0.3) is 0 Å². The van der Waals surface area contributed by atoms with Gasteiger partial charge < -0.3 is 20.4 Å². The largest absolute Gasteiger partial charge is 0.453 e. The van der Waals surface area contributed by atoms with Crippen LogP contribution in [0.2, 0.25) is 0 Å². The van der Waals surface area contributed by atoms with E-state index in [1.165, 1.54) is 6.07 Å². The second-order valence-electron chi connectivity index (χ2n) is 9.31. The van der Waals surface area contributed by atoms with E-state index in [0.29, 0.717) is 30.0 Å². The van der Waals surface area contributed by atoms with Gasteiger partial charge in [0, 0.05) is 63.9 Å². The third-order valence-corrected chi connectivity index (χ3v) is 6.57. The van der Waals surface area contributed by atoms with Crippen LogP contribution in [0.1, 0.15) is 16.7 Å². The summed E-state index contributed by atoms with van der Waals surface area (Å²) >= 11 is 0. The van der Waals surface area contributed by atoms with Gasteiger partial charge in [0.1, 0.15) is 11.4 Å². The van der Waals surface area contributed by atoms with Crippen molar-refractivity contribution in [1.82, 2.24) is 29.5 Å². The van der Waals surface area contributed by atoms with Crippen molar-refractivity contribution in [2.24, 2.45) is 12.8 Å². The number of pyridine rings is 1. The zero-order valence-corrected chi connectivity index (χ0v) is 20.4. The van der Waals surface area contributed by atoms with E-state index in [9.17, 15) is 9.18 Å². The number of amides is 1. The lowest BCUT2D eigenvalue weighted by molar-refractivity contribution is -0.134. The van der Waals surface area contributed by atoms with Gasteiger partial charge in [0.15, 0.2) is 11.6 Å². The van der Waals surface area contributed by atoms with E-state index in [1.54, 1.807) is 34.0 Å². The molecule has 9 nitrogen and oxygen atoms in total. The number of halogens is 1. The van der Waals surface area contributed by atoms with Crippen LogP contribution in [0.3, 0.4) is 0 Å². The molecule has 3 N–H and O–H groups in total. The van der Waals surface area contributed by atoms with Crippen molar-refractivity contribution < 1.29 is 13.9 Å². The van der Waals surface area contributed by atoms with E-state index in [2.05, 4.69) is 20.0 Å². The number of hydrogen-bond donors (Lipinski definition) is 2. The number of piperazine rings is 1. The van der Waals surface area contributed by atoms with Crippen molar-refractivity contribution in [3.05, 3.63) is 71.6 Å². The fourth-order valence-electron chi connectivity index (χ4n) is 4.65. The summed E-state index contributed by atoms with van der Waals surface area (Å²) in [6.45, 7) is 5.53. The number of nitrogens with zero attached hydrogens (tertiary/aromatic N) is 5. The number of nitrogens with one attached hydrogen (secondary N) is 1. The molecule has 1 fully saturated rings. The Labute approximate surface area is 208 Å². The van der Waals surface area contributed by atoms with Crippen LogP contribution in [0.25, 0.3) is 11.0 Å². The molecule has 0 spiro atoms. The minimum Gasteiger partial charge on any atom is -0.453 e. The van der Waals surface area contributed by atoms with Crippen LogP contribution in [0, 0.1) is 12.7 Å². The monoisotopic (exact) mass is 491 g/mol. The summed E-state index contributed by atoms with van der Waals surface area (Å²) in [5.41, 5.74) is 9.69. The zero-order valence-electron chi connectivity index (χ0n) is 20.4. The van der Waals surface area contributed by atoms with Gasteiger partial charge in [-0.25, -0.2) is 9.37 Å². The maximum Gasteiger partial charge on any atom is 0.239 e. The fourth-order valence-corrected chi connectivity index (χ4v) is 4.65. The van der Waals surface area contributed by atoms with Crippen LogP contribution in [0.15, 0.2) is 49.1 Å². The summed E-state index contributed by atoms with van der Waals surface area (Å²) in [5, 5.41) is 5.02. The van der Waals surface area contributed by atoms with Crippen molar-refractivity contribution in [3.63, 3.8) is 0 Å². The first kappa shape index (κ1) is 24.0. The molecule has 1 aromatic carbocycles. The zero-order chi connectivity index (χ0) is 25.2. The number of aromatic amines is 1. The van der Waals surface area contributed by atoms with E-state index in [4.69, 9.17) is 10.5 Å². The second-order valence-corrected chi connectivity index (χ2v) is 9.31. The van der Waals surface area contributed by atoms with E-state index in [1.807, 2.05) is 32.6 Å². The van der Waals surface area contributed by atoms with Gasteiger partial charge in [-0.3, -0.25) is 14.4 Å². The predicted octanol–water partition coefficient (Wildman–Crippen LogP) is 2.75. The van der Waals surface area contributed by atoms with Gasteiger partial charge >= 0.3 is 0 Å². The van der Waals surface area contributed by atoms with Gasteiger partial charge in [-0.15, -0.1) is 0 Å². The molecule has 3 aromatic heterocycles. The summed E-state index contributed by atoms with van der Waals surface area (Å²) in [5.74, 6) is 0.0182. The quantitative estimate of drug-likeness (QED) is 0.412. The normalized spacial score (nSPS) is 15.4. The second kappa shape index (κ2) is 10.1. The van der Waals surface area contributed by atoms with Gasteiger partial charge in [-0.2, -0.15) is 5.10 Å². The molecule has 10 heteroatoms. The molecule has 1 aliphatic heterocycles. The topological polar surface area (TPSA) is 105 Å². The summed E-state index contributed by atoms with van der Waals surface area (Å²) in [4.78, 5) is 24.4. The Kier molecular flexibility index (Phi) is 6.71. The first-order valence-corrected chi connectivity index (χ1v) is 12.0. The summed E-state index contributed by atoms with van der Waals surface area (Å²) < 4.78 is 22.6. The lowest BCUT2D eigenvalue weighted by Crippen LogP contribution is -2.53. The van der Waals surface area contributed by atoms with E-state index in [-0.39, 0.29) is 18.1 Å². The Hall–Kier alpha value is -3.76. The number of fused-ring (bicyclic) bond motifs is 1. The summed E-state index contributed by atoms with van der Waals surface area (Å²) in [6.07, 6.45) is 7.57. The smallest absolute Gasteiger partial charge is 0.239 e. The number of H-pyrrole nitrogens is 1. The fraction of sp³-hybridized carbons (Fsp3) is 0.346. The molecule has 4 aromatic rings. The highest BCUT2D eigenvalue weighted by atomic mass is 19.1. The van der Waals surface area contributed by atoms with Crippen molar-refractivity contribution in [2.45, 2.75) is 25.9 Å². The Morgan fingerprint density at radius 2 is 2.00 bits per heavy atom. The molecule has 36 heavy (non-hydrogen) atoms. The number of aromatic nitrogens is 4. The first-order valence-electron chi connectivity index (χ1n) is 12.0. The lowest BCUT2D eigenvalue weighted by Gasteiger charge is -2.35. The highest BCUT2D eigenvalue weighted by Gasteiger charge is 2.26. The standard InChI is InChI=1S/C26H30FN7O2/c1-17-13-30-25-24(17)23(5-6-29-25)36-22-4-3-18(11-20(22)27)12-21(28)26(35)34-9-7-33(8-10-34)16-19-14-31-32(2)15-19/h3-6,11,13-15,21H,7-10,12,16,28H2,1-2H3,(H,29,30). The van der Waals surface area contributed by atoms with Gasteiger partial charge in [0.2, 0.25) is 5.91 Å². The molecular formula is C26H30FN7O2. The van der Waals surface area contributed by atoms with Crippen LogP contribution in [0.4, 0.5) is 4.39 Å². The van der Waals surface area contributed by atoms with Crippen LogP contribution >= 0.6 is 0 Å². The number of carbonyl (C=O) groups excluding carboxylic acids is 1.